The molecule has 3 heterocycles. The first-order valence-electron chi connectivity index (χ1n) is 9.46. The highest BCUT2D eigenvalue weighted by molar-refractivity contribution is 5.98. The summed E-state index contributed by atoms with van der Waals surface area (Å²) >= 11 is 0. The lowest BCUT2D eigenvalue weighted by molar-refractivity contribution is -0.0118. The van der Waals surface area contributed by atoms with Gasteiger partial charge in [0.25, 0.3) is 11.8 Å². The number of anilines is 1. The van der Waals surface area contributed by atoms with Crippen molar-refractivity contribution < 1.29 is 13.6 Å². The lowest BCUT2D eigenvalue weighted by Gasteiger charge is -2.33. The molecule has 0 atom stereocenters. The zero-order valence-electron chi connectivity index (χ0n) is 15.9. The molecule has 0 unspecified atom stereocenters. The van der Waals surface area contributed by atoms with E-state index in [1.165, 1.54) is 0 Å². The number of nitrogens with one attached hydrogen (secondary N) is 1. The van der Waals surface area contributed by atoms with Crippen LogP contribution in [0, 0.1) is 12.8 Å². The molecule has 0 spiro atoms. The van der Waals surface area contributed by atoms with Crippen molar-refractivity contribution in [2.75, 3.05) is 18.0 Å². The predicted molar refractivity (Wildman–Crippen MR) is 98.4 cm³/mol. The van der Waals surface area contributed by atoms with Crippen molar-refractivity contribution in [3.8, 4) is 0 Å². The molecule has 2 aromatic heterocycles. The van der Waals surface area contributed by atoms with Crippen LogP contribution in [-0.4, -0.2) is 44.8 Å². The molecule has 1 N–H and O–H groups in total. The topological polar surface area (TPSA) is 62.5 Å². The number of nitrogens with zero attached hydrogens (tertiary/aromatic N) is 4. The summed E-state index contributed by atoms with van der Waals surface area (Å²) in [7, 11) is 0. The number of hydrogen-bond donors (Lipinski definition) is 1. The van der Waals surface area contributed by atoms with Crippen molar-refractivity contribution >= 4 is 17.4 Å². The van der Waals surface area contributed by atoms with E-state index in [-0.39, 0.29) is 30.1 Å². The van der Waals surface area contributed by atoms with Crippen molar-refractivity contribution in [2.45, 2.75) is 57.9 Å². The summed E-state index contributed by atoms with van der Waals surface area (Å²) in [6.07, 6.45) is 4.11. The maximum Gasteiger partial charge on any atom is 0.274 e. The number of carbonyl (C=O) groups excluding carboxylic acids is 1. The second-order valence-corrected chi connectivity index (χ2v) is 8.37. The lowest BCUT2D eigenvalue weighted by Crippen LogP contribution is -2.45. The van der Waals surface area contributed by atoms with E-state index < -0.39 is 5.92 Å². The SMILES string of the molecule is Cc1cc(N2CCCC(F)(F)C2)nc2c(C(=O)NC(C)(C)C3CC3)ncn12. The third-order valence-electron chi connectivity index (χ3n) is 5.65. The van der Waals surface area contributed by atoms with E-state index in [2.05, 4.69) is 15.3 Å². The number of imidazole rings is 1. The molecule has 146 valence electrons. The fourth-order valence-electron chi connectivity index (χ4n) is 3.85. The molecule has 4 rings (SSSR count). The number of aryl methyl sites for hydroxylation is 1. The van der Waals surface area contributed by atoms with Crippen LogP contribution in [0.5, 0.6) is 0 Å². The van der Waals surface area contributed by atoms with Gasteiger partial charge in [-0.25, -0.2) is 18.7 Å². The minimum atomic E-state index is -2.71. The van der Waals surface area contributed by atoms with Crippen LogP contribution in [-0.2, 0) is 0 Å². The van der Waals surface area contributed by atoms with Gasteiger partial charge in [-0.05, 0) is 46.0 Å². The number of alkyl halides is 2. The van der Waals surface area contributed by atoms with Gasteiger partial charge in [-0.3, -0.25) is 9.20 Å². The quantitative estimate of drug-likeness (QED) is 0.889. The van der Waals surface area contributed by atoms with Crippen LogP contribution in [0.25, 0.3) is 5.65 Å². The van der Waals surface area contributed by atoms with Crippen LogP contribution in [0.1, 0.15) is 55.7 Å². The third-order valence-corrected chi connectivity index (χ3v) is 5.65. The van der Waals surface area contributed by atoms with Gasteiger partial charge in [0.05, 0.1) is 6.54 Å². The Labute approximate surface area is 157 Å². The van der Waals surface area contributed by atoms with Crippen molar-refractivity contribution in [1.29, 1.82) is 0 Å². The monoisotopic (exact) mass is 377 g/mol. The Morgan fingerprint density at radius 1 is 1.37 bits per heavy atom. The van der Waals surface area contributed by atoms with Gasteiger partial charge in [0.1, 0.15) is 12.1 Å². The van der Waals surface area contributed by atoms with Gasteiger partial charge in [-0.15, -0.1) is 0 Å². The number of rotatable bonds is 4. The number of fused-ring (bicyclic) bond motifs is 1. The fraction of sp³-hybridized carbons (Fsp3) is 0.632. The van der Waals surface area contributed by atoms with E-state index in [0.717, 1.165) is 18.5 Å². The molecule has 0 aromatic carbocycles. The van der Waals surface area contributed by atoms with E-state index in [0.29, 0.717) is 30.3 Å². The van der Waals surface area contributed by atoms with E-state index in [1.54, 1.807) is 21.7 Å². The summed E-state index contributed by atoms with van der Waals surface area (Å²) in [4.78, 5) is 23.2. The molecule has 8 heteroatoms. The number of aromatic nitrogens is 3. The number of piperidine rings is 1. The molecule has 1 aliphatic heterocycles. The Morgan fingerprint density at radius 3 is 2.78 bits per heavy atom. The standard InChI is InChI=1S/C19H25F2N5O/c1-12-9-14(25-8-4-7-19(20,21)10-25)23-16-15(22-11-26(12)16)17(27)24-18(2,3)13-5-6-13/h9,11,13H,4-8,10H2,1-3H3,(H,24,27). The highest BCUT2D eigenvalue weighted by atomic mass is 19.3. The Morgan fingerprint density at radius 2 is 2.11 bits per heavy atom. The minimum absolute atomic E-state index is 0.0959. The normalized spacial score (nSPS) is 20.1. The average molecular weight is 377 g/mol. The molecule has 2 aromatic rings. The van der Waals surface area contributed by atoms with Crippen LogP contribution >= 0.6 is 0 Å². The van der Waals surface area contributed by atoms with Gasteiger partial charge in [0.2, 0.25) is 0 Å². The Balaban J connectivity index is 1.66. The zero-order chi connectivity index (χ0) is 19.4. The molecule has 1 amide bonds. The number of halogens is 2. The second kappa shape index (κ2) is 6.14. The summed E-state index contributed by atoms with van der Waals surface area (Å²) in [5.74, 6) is -2.04. The second-order valence-electron chi connectivity index (χ2n) is 8.37. The smallest absolute Gasteiger partial charge is 0.274 e. The predicted octanol–water partition coefficient (Wildman–Crippen LogP) is 3.19. The molecule has 6 nitrogen and oxygen atoms in total. The minimum Gasteiger partial charge on any atom is -0.350 e. The van der Waals surface area contributed by atoms with Crippen molar-refractivity contribution in [3.05, 3.63) is 23.8 Å². The molecule has 0 radical (unpaired) electrons. The largest absolute Gasteiger partial charge is 0.350 e. The molecule has 1 saturated heterocycles. The fourth-order valence-corrected chi connectivity index (χ4v) is 3.85. The van der Waals surface area contributed by atoms with Gasteiger partial charge in [-0.1, -0.05) is 0 Å². The van der Waals surface area contributed by atoms with Crippen molar-refractivity contribution in [1.82, 2.24) is 19.7 Å². The first kappa shape index (κ1) is 18.1. The molecular weight excluding hydrogens is 352 g/mol. The van der Waals surface area contributed by atoms with Crippen LogP contribution in [0.3, 0.4) is 0 Å². The van der Waals surface area contributed by atoms with Crippen molar-refractivity contribution in [2.24, 2.45) is 5.92 Å². The molecule has 2 fully saturated rings. The summed E-state index contributed by atoms with van der Waals surface area (Å²) in [5.41, 5.74) is 1.14. The number of carbonyl (C=O) groups is 1. The highest BCUT2D eigenvalue weighted by Gasteiger charge is 2.39. The first-order valence-corrected chi connectivity index (χ1v) is 9.46. The van der Waals surface area contributed by atoms with Gasteiger partial charge >= 0.3 is 0 Å². The molecule has 0 bridgehead atoms. The number of amides is 1. The molecule has 27 heavy (non-hydrogen) atoms. The van der Waals surface area contributed by atoms with Crippen molar-refractivity contribution in [3.63, 3.8) is 0 Å². The van der Waals surface area contributed by atoms with E-state index in [1.807, 2.05) is 20.8 Å². The average Bonchev–Trinajstić information content (AvgIpc) is 3.34. The first-order chi connectivity index (χ1) is 12.7. The molecule has 1 aliphatic carbocycles. The van der Waals surface area contributed by atoms with E-state index in [4.69, 9.17) is 0 Å². The van der Waals surface area contributed by atoms with Crippen LogP contribution in [0.4, 0.5) is 14.6 Å². The third kappa shape index (κ3) is 3.49. The molecule has 2 aliphatic rings. The maximum absolute atomic E-state index is 13.8. The highest BCUT2D eigenvalue weighted by Crippen LogP contribution is 2.39. The summed E-state index contributed by atoms with van der Waals surface area (Å²) < 4.78 is 29.4. The Kier molecular flexibility index (Phi) is 4.12. The van der Waals surface area contributed by atoms with Crippen LogP contribution in [0.2, 0.25) is 0 Å². The van der Waals surface area contributed by atoms with Gasteiger partial charge in [0, 0.05) is 30.3 Å². The van der Waals surface area contributed by atoms with Gasteiger partial charge in [0.15, 0.2) is 11.3 Å². The van der Waals surface area contributed by atoms with Crippen LogP contribution < -0.4 is 10.2 Å². The molecular formula is C19H25F2N5O. The molecule has 1 saturated carbocycles. The van der Waals surface area contributed by atoms with E-state index >= 15 is 0 Å². The summed E-state index contributed by atoms with van der Waals surface area (Å²) in [6.45, 7) is 6.07. The summed E-state index contributed by atoms with van der Waals surface area (Å²) in [6, 6.07) is 1.77. The Bertz CT molecular complexity index is 888. The summed E-state index contributed by atoms with van der Waals surface area (Å²) in [5, 5.41) is 3.06. The lowest BCUT2D eigenvalue weighted by atomic mass is 9.98. The zero-order valence-corrected chi connectivity index (χ0v) is 15.9. The van der Waals surface area contributed by atoms with E-state index in [9.17, 15) is 13.6 Å². The number of hydrogen-bond acceptors (Lipinski definition) is 4. The van der Waals surface area contributed by atoms with Gasteiger partial charge in [-0.2, -0.15) is 0 Å². The van der Waals surface area contributed by atoms with Crippen LogP contribution in [0.15, 0.2) is 12.4 Å². The van der Waals surface area contributed by atoms with Gasteiger partial charge < -0.3 is 10.2 Å². The maximum atomic E-state index is 13.8. The Hall–Kier alpha value is -2.25.